The van der Waals surface area contributed by atoms with Crippen molar-refractivity contribution in [3.63, 3.8) is 0 Å². The Hall–Kier alpha value is -2.07. The number of carbonyl (C=O) groups excluding carboxylic acids is 1. The third kappa shape index (κ3) is 5.44. The van der Waals surface area contributed by atoms with Gasteiger partial charge in [-0.1, -0.05) is 19.8 Å². The number of aliphatic carboxylic acids is 1. The standard InChI is InChI=1S/C14H16BrN3O3/c1-2-3-4-12(13(19)20)18-14(21)17-11-6-5-9(8-16)7-10(11)15/h5-7,12H,2-4H2,1H3,(H,19,20)(H2,17,18,21). The van der Waals surface area contributed by atoms with Gasteiger partial charge < -0.3 is 15.7 Å². The molecule has 0 saturated heterocycles. The van der Waals surface area contributed by atoms with E-state index in [1.165, 1.54) is 0 Å². The van der Waals surface area contributed by atoms with Gasteiger partial charge in [0.2, 0.25) is 0 Å². The fraction of sp³-hybridized carbons (Fsp3) is 0.357. The van der Waals surface area contributed by atoms with Crippen LogP contribution in [0.2, 0.25) is 0 Å². The van der Waals surface area contributed by atoms with Crippen molar-refractivity contribution in [2.45, 2.75) is 32.2 Å². The van der Waals surface area contributed by atoms with Gasteiger partial charge >= 0.3 is 12.0 Å². The molecule has 1 atom stereocenters. The van der Waals surface area contributed by atoms with Crippen molar-refractivity contribution in [2.24, 2.45) is 0 Å². The molecule has 0 aliphatic heterocycles. The average Bonchev–Trinajstić information content (AvgIpc) is 2.45. The molecule has 1 aromatic rings. The van der Waals surface area contributed by atoms with E-state index in [9.17, 15) is 9.59 Å². The lowest BCUT2D eigenvalue weighted by atomic mass is 10.1. The summed E-state index contributed by atoms with van der Waals surface area (Å²) < 4.78 is 0.553. The molecule has 0 spiro atoms. The summed E-state index contributed by atoms with van der Waals surface area (Å²) in [6.45, 7) is 1.95. The van der Waals surface area contributed by atoms with Crippen molar-refractivity contribution in [1.29, 1.82) is 5.26 Å². The van der Waals surface area contributed by atoms with Gasteiger partial charge in [0.15, 0.2) is 0 Å². The van der Waals surface area contributed by atoms with Gasteiger partial charge in [0.1, 0.15) is 6.04 Å². The molecule has 6 nitrogen and oxygen atoms in total. The minimum atomic E-state index is -1.06. The quantitative estimate of drug-likeness (QED) is 0.730. The van der Waals surface area contributed by atoms with E-state index >= 15 is 0 Å². The number of hydrogen-bond acceptors (Lipinski definition) is 3. The largest absolute Gasteiger partial charge is 0.480 e. The zero-order chi connectivity index (χ0) is 15.8. The summed E-state index contributed by atoms with van der Waals surface area (Å²) in [6.07, 6.45) is 1.96. The van der Waals surface area contributed by atoms with E-state index < -0.39 is 18.0 Å². The van der Waals surface area contributed by atoms with Crippen molar-refractivity contribution >= 4 is 33.6 Å². The summed E-state index contributed by atoms with van der Waals surface area (Å²) in [5.74, 6) is -1.06. The zero-order valence-electron chi connectivity index (χ0n) is 11.5. The number of benzene rings is 1. The summed E-state index contributed by atoms with van der Waals surface area (Å²) >= 11 is 3.24. The summed E-state index contributed by atoms with van der Waals surface area (Å²) in [6, 6.07) is 5.18. The summed E-state index contributed by atoms with van der Waals surface area (Å²) in [7, 11) is 0. The van der Waals surface area contributed by atoms with E-state index in [4.69, 9.17) is 10.4 Å². The molecule has 21 heavy (non-hydrogen) atoms. The fourth-order valence-electron chi connectivity index (χ4n) is 1.67. The van der Waals surface area contributed by atoms with E-state index in [1.807, 2.05) is 13.0 Å². The van der Waals surface area contributed by atoms with Gasteiger partial charge in [0.05, 0.1) is 17.3 Å². The molecular formula is C14H16BrN3O3. The van der Waals surface area contributed by atoms with Crippen LogP contribution in [0, 0.1) is 11.3 Å². The molecule has 0 radical (unpaired) electrons. The van der Waals surface area contributed by atoms with Crippen molar-refractivity contribution < 1.29 is 14.7 Å². The van der Waals surface area contributed by atoms with Crippen LogP contribution in [-0.2, 0) is 4.79 Å². The highest BCUT2D eigenvalue weighted by Crippen LogP contribution is 2.23. The fourth-order valence-corrected chi connectivity index (χ4v) is 2.15. The van der Waals surface area contributed by atoms with Crippen molar-refractivity contribution in [2.75, 3.05) is 5.32 Å². The van der Waals surface area contributed by atoms with Crippen molar-refractivity contribution in [3.05, 3.63) is 28.2 Å². The number of halogens is 1. The Balaban J connectivity index is 2.68. The van der Waals surface area contributed by atoms with Gasteiger partial charge in [-0.3, -0.25) is 0 Å². The number of rotatable bonds is 6. The Bertz CT molecular complexity index is 569. The molecule has 0 heterocycles. The Morgan fingerprint density at radius 3 is 2.71 bits per heavy atom. The first-order chi connectivity index (χ1) is 9.97. The molecule has 1 aromatic carbocycles. The first-order valence-corrected chi connectivity index (χ1v) is 7.27. The van der Waals surface area contributed by atoms with E-state index in [0.717, 1.165) is 12.8 Å². The highest BCUT2D eigenvalue weighted by Gasteiger charge is 2.19. The van der Waals surface area contributed by atoms with Gasteiger partial charge in [-0.05, 0) is 40.5 Å². The third-order valence-electron chi connectivity index (χ3n) is 2.80. The van der Waals surface area contributed by atoms with Crippen LogP contribution in [0.4, 0.5) is 10.5 Å². The molecular weight excluding hydrogens is 338 g/mol. The maximum absolute atomic E-state index is 11.8. The molecule has 0 saturated carbocycles. The number of nitriles is 1. The van der Waals surface area contributed by atoms with Crippen LogP contribution >= 0.6 is 15.9 Å². The Morgan fingerprint density at radius 1 is 1.48 bits per heavy atom. The molecule has 0 bridgehead atoms. The maximum Gasteiger partial charge on any atom is 0.326 e. The number of nitrogens with one attached hydrogen (secondary N) is 2. The number of unbranched alkanes of at least 4 members (excludes halogenated alkanes) is 1. The lowest BCUT2D eigenvalue weighted by Crippen LogP contribution is -2.43. The van der Waals surface area contributed by atoms with Crippen molar-refractivity contribution in [1.82, 2.24) is 5.32 Å². The Labute approximate surface area is 131 Å². The van der Waals surface area contributed by atoms with Gasteiger partial charge in [0.25, 0.3) is 0 Å². The summed E-state index contributed by atoms with van der Waals surface area (Å²) in [4.78, 5) is 22.9. The highest BCUT2D eigenvalue weighted by molar-refractivity contribution is 9.10. The molecule has 0 aromatic heterocycles. The molecule has 112 valence electrons. The minimum absolute atomic E-state index is 0.383. The lowest BCUT2D eigenvalue weighted by molar-refractivity contribution is -0.139. The smallest absolute Gasteiger partial charge is 0.326 e. The topological polar surface area (TPSA) is 102 Å². The van der Waals surface area contributed by atoms with E-state index in [0.29, 0.717) is 22.1 Å². The number of carboxylic acids is 1. The molecule has 0 aliphatic rings. The zero-order valence-corrected chi connectivity index (χ0v) is 13.1. The molecule has 0 aliphatic carbocycles. The Morgan fingerprint density at radius 2 is 2.19 bits per heavy atom. The first kappa shape index (κ1) is 17.0. The summed E-state index contributed by atoms with van der Waals surface area (Å²) in [5, 5.41) is 22.8. The second kappa shape index (κ2) is 8.27. The van der Waals surface area contributed by atoms with Crippen LogP contribution in [0.15, 0.2) is 22.7 Å². The monoisotopic (exact) mass is 353 g/mol. The number of nitrogens with zero attached hydrogens (tertiary/aromatic N) is 1. The normalized spacial score (nSPS) is 11.3. The predicted octanol–water partition coefficient (Wildman–Crippen LogP) is 3.09. The van der Waals surface area contributed by atoms with Crippen LogP contribution in [0.3, 0.4) is 0 Å². The van der Waals surface area contributed by atoms with E-state index in [-0.39, 0.29) is 0 Å². The van der Waals surface area contributed by atoms with Crippen LogP contribution < -0.4 is 10.6 Å². The first-order valence-electron chi connectivity index (χ1n) is 6.48. The summed E-state index contributed by atoms with van der Waals surface area (Å²) in [5.41, 5.74) is 0.922. The molecule has 7 heteroatoms. The van der Waals surface area contributed by atoms with Crippen LogP contribution in [0.25, 0.3) is 0 Å². The number of urea groups is 1. The van der Waals surface area contributed by atoms with E-state index in [1.54, 1.807) is 18.2 Å². The molecule has 1 unspecified atom stereocenters. The van der Waals surface area contributed by atoms with Crippen LogP contribution in [-0.4, -0.2) is 23.1 Å². The van der Waals surface area contributed by atoms with Gasteiger partial charge in [-0.2, -0.15) is 5.26 Å². The minimum Gasteiger partial charge on any atom is -0.480 e. The number of carbonyl (C=O) groups is 2. The van der Waals surface area contributed by atoms with Gasteiger partial charge in [-0.15, -0.1) is 0 Å². The maximum atomic E-state index is 11.8. The molecule has 3 N–H and O–H groups in total. The Kier molecular flexibility index (Phi) is 6.69. The lowest BCUT2D eigenvalue weighted by Gasteiger charge is -2.15. The van der Waals surface area contributed by atoms with Gasteiger partial charge in [0, 0.05) is 4.47 Å². The molecule has 2 amide bonds. The number of carboxylic acid groups (broad SMARTS) is 1. The van der Waals surface area contributed by atoms with Crippen LogP contribution in [0.1, 0.15) is 31.7 Å². The number of hydrogen-bond donors (Lipinski definition) is 3. The number of anilines is 1. The number of amides is 2. The average molecular weight is 354 g/mol. The second-order valence-corrected chi connectivity index (χ2v) is 5.29. The molecule has 0 fully saturated rings. The van der Waals surface area contributed by atoms with E-state index in [2.05, 4.69) is 26.6 Å². The van der Waals surface area contributed by atoms with Crippen LogP contribution in [0.5, 0.6) is 0 Å². The third-order valence-corrected chi connectivity index (χ3v) is 3.45. The molecule has 1 rings (SSSR count). The SMILES string of the molecule is CCCCC(NC(=O)Nc1ccc(C#N)cc1Br)C(=O)O. The second-order valence-electron chi connectivity index (χ2n) is 4.44. The van der Waals surface area contributed by atoms with Crippen molar-refractivity contribution in [3.8, 4) is 6.07 Å². The highest BCUT2D eigenvalue weighted by atomic mass is 79.9. The van der Waals surface area contributed by atoms with Gasteiger partial charge in [-0.25, -0.2) is 9.59 Å². The predicted molar refractivity (Wildman–Crippen MR) is 82.0 cm³/mol.